The van der Waals surface area contributed by atoms with E-state index in [1.165, 1.54) is 48.5 Å². The SMILES string of the molecule is CCOc1cc(/C=C2\C(=O)NC(=O)N(c3ccc(Cl)cc3)C2=O)cc(Cl)c1OCc1ccc(C(=O)O)cc1. The molecule has 11 heteroatoms. The number of rotatable bonds is 8. The van der Waals surface area contributed by atoms with E-state index in [2.05, 4.69) is 5.32 Å². The molecule has 0 bridgehead atoms. The number of ether oxygens (including phenoxy) is 2. The van der Waals surface area contributed by atoms with Crippen LogP contribution in [0, 0.1) is 0 Å². The van der Waals surface area contributed by atoms with Crippen molar-refractivity contribution in [3.05, 3.63) is 93.0 Å². The molecule has 0 spiro atoms. The van der Waals surface area contributed by atoms with Crippen LogP contribution in [0.3, 0.4) is 0 Å². The average Bonchev–Trinajstić information content (AvgIpc) is 2.87. The maximum Gasteiger partial charge on any atom is 0.335 e. The molecule has 1 heterocycles. The molecule has 4 amide bonds. The van der Waals surface area contributed by atoms with Crippen LogP contribution in [0.4, 0.5) is 10.5 Å². The maximum absolute atomic E-state index is 13.1. The van der Waals surface area contributed by atoms with Crippen molar-refractivity contribution in [2.24, 2.45) is 0 Å². The third-order valence-electron chi connectivity index (χ3n) is 5.41. The average molecular weight is 555 g/mol. The van der Waals surface area contributed by atoms with Gasteiger partial charge in [0.05, 0.1) is 22.9 Å². The van der Waals surface area contributed by atoms with Crippen molar-refractivity contribution in [3.63, 3.8) is 0 Å². The summed E-state index contributed by atoms with van der Waals surface area (Å²) >= 11 is 12.4. The number of aromatic carboxylic acids is 1. The number of carboxylic acid groups (broad SMARTS) is 1. The molecule has 0 unspecified atom stereocenters. The van der Waals surface area contributed by atoms with Crippen molar-refractivity contribution in [3.8, 4) is 11.5 Å². The minimum Gasteiger partial charge on any atom is -0.490 e. The number of urea groups is 1. The molecule has 3 aromatic rings. The van der Waals surface area contributed by atoms with Crippen LogP contribution < -0.4 is 19.7 Å². The number of carbonyl (C=O) groups excluding carboxylic acids is 3. The molecule has 0 radical (unpaired) electrons. The summed E-state index contributed by atoms with van der Waals surface area (Å²) in [6.07, 6.45) is 1.30. The van der Waals surface area contributed by atoms with Crippen molar-refractivity contribution < 1.29 is 33.8 Å². The summed E-state index contributed by atoms with van der Waals surface area (Å²) in [5, 5.41) is 11.8. The van der Waals surface area contributed by atoms with Crippen molar-refractivity contribution in [2.75, 3.05) is 11.5 Å². The maximum atomic E-state index is 13.1. The Bertz CT molecular complexity index is 1450. The summed E-state index contributed by atoms with van der Waals surface area (Å²) in [5.41, 5.74) is 1.17. The third kappa shape index (κ3) is 5.80. The number of amides is 4. The largest absolute Gasteiger partial charge is 0.490 e. The quantitative estimate of drug-likeness (QED) is 0.284. The number of carboxylic acids is 1. The monoisotopic (exact) mass is 554 g/mol. The fraction of sp³-hybridized carbons (Fsp3) is 0.111. The number of imide groups is 2. The summed E-state index contributed by atoms with van der Waals surface area (Å²) in [6, 6.07) is 14.3. The third-order valence-corrected chi connectivity index (χ3v) is 5.95. The van der Waals surface area contributed by atoms with E-state index in [1.54, 1.807) is 25.1 Å². The molecule has 1 aliphatic heterocycles. The van der Waals surface area contributed by atoms with Crippen molar-refractivity contribution in [1.29, 1.82) is 0 Å². The molecule has 2 N–H and O–H groups in total. The van der Waals surface area contributed by atoms with E-state index in [-0.39, 0.29) is 46.6 Å². The molecule has 0 atom stereocenters. The fourth-order valence-corrected chi connectivity index (χ4v) is 4.02. The number of anilines is 1. The molecule has 4 rings (SSSR count). The Morgan fingerprint density at radius 1 is 1.00 bits per heavy atom. The van der Waals surface area contributed by atoms with E-state index in [1.807, 2.05) is 0 Å². The van der Waals surface area contributed by atoms with Gasteiger partial charge in [-0.05, 0) is 72.7 Å². The van der Waals surface area contributed by atoms with Crippen LogP contribution in [-0.2, 0) is 16.2 Å². The van der Waals surface area contributed by atoms with E-state index < -0.39 is 23.8 Å². The number of barbiturate groups is 1. The lowest BCUT2D eigenvalue weighted by molar-refractivity contribution is -0.122. The molecule has 0 aromatic heterocycles. The highest BCUT2D eigenvalue weighted by molar-refractivity contribution is 6.39. The van der Waals surface area contributed by atoms with Crippen LogP contribution >= 0.6 is 23.2 Å². The first-order chi connectivity index (χ1) is 18.2. The summed E-state index contributed by atoms with van der Waals surface area (Å²) in [5.74, 6) is -2.21. The molecule has 1 fully saturated rings. The van der Waals surface area contributed by atoms with Crippen LogP contribution in [0.2, 0.25) is 10.0 Å². The first-order valence-corrected chi connectivity index (χ1v) is 12.0. The van der Waals surface area contributed by atoms with Gasteiger partial charge in [-0.15, -0.1) is 0 Å². The molecule has 0 saturated carbocycles. The normalized spacial score (nSPS) is 14.4. The van der Waals surface area contributed by atoms with Crippen LogP contribution in [0.1, 0.15) is 28.4 Å². The van der Waals surface area contributed by atoms with E-state index in [0.717, 1.165) is 4.90 Å². The molecule has 0 aliphatic carbocycles. The van der Waals surface area contributed by atoms with Gasteiger partial charge in [0.25, 0.3) is 11.8 Å². The molecule has 194 valence electrons. The minimum atomic E-state index is -1.03. The lowest BCUT2D eigenvalue weighted by atomic mass is 10.1. The second-order valence-electron chi connectivity index (χ2n) is 7.99. The molecule has 9 nitrogen and oxygen atoms in total. The van der Waals surface area contributed by atoms with Crippen LogP contribution in [0.15, 0.2) is 66.2 Å². The number of nitrogens with one attached hydrogen (secondary N) is 1. The van der Waals surface area contributed by atoms with E-state index in [9.17, 15) is 19.2 Å². The lowest BCUT2D eigenvalue weighted by Gasteiger charge is -2.26. The van der Waals surface area contributed by atoms with Crippen molar-refractivity contribution >= 4 is 58.8 Å². The zero-order valence-electron chi connectivity index (χ0n) is 19.9. The van der Waals surface area contributed by atoms with E-state index >= 15 is 0 Å². The number of hydrogen-bond acceptors (Lipinski definition) is 6. The van der Waals surface area contributed by atoms with E-state index in [0.29, 0.717) is 16.1 Å². The van der Waals surface area contributed by atoms with Gasteiger partial charge in [-0.3, -0.25) is 14.9 Å². The van der Waals surface area contributed by atoms with E-state index in [4.69, 9.17) is 37.8 Å². The van der Waals surface area contributed by atoms with Crippen LogP contribution in [0.5, 0.6) is 11.5 Å². The number of nitrogens with zero attached hydrogens (tertiary/aromatic N) is 1. The summed E-state index contributed by atoms with van der Waals surface area (Å²) < 4.78 is 11.5. The molecule has 3 aromatic carbocycles. The Morgan fingerprint density at radius 2 is 1.68 bits per heavy atom. The van der Waals surface area contributed by atoms with Gasteiger partial charge in [0.2, 0.25) is 0 Å². The van der Waals surface area contributed by atoms with Gasteiger partial charge < -0.3 is 14.6 Å². The fourth-order valence-electron chi connectivity index (χ4n) is 3.62. The molecule has 1 aliphatic rings. The first kappa shape index (κ1) is 26.7. The zero-order valence-corrected chi connectivity index (χ0v) is 21.4. The highest BCUT2D eigenvalue weighted by Gasteiger charge is 2.36. The Labute approximate surface area is 227 Å². The standard InChI is InChI=1S/C27H20Cl2N2O7/c1-2-37-22-13-16(12-21(29)23(22)38-14-15-3-5-17(6-4-15)26(34)35)11-20-24(32)30-27(36)31(25(20)33)19-9-7-18(28)8-10-19/h3-13H,2,14H2,1H3,(H,34,35)(H,30,32,36)/b20-11+. The minimum absolute atomic E-state index is 0.0825. The number of benzene rings is 3. The predicted molar refractivity (Wildman–Crippen MR) is 141 cm³/mol. The Hall–Kier alpha value is -4.34. The predicted octanol–water partition coefficient (Wildman–Crippen LogP) is 5.34. The van der Waals surface area contributed by atoms with Crippen molar-refractivity contribution in [2.45, 2.75) is 13.5 Å². The van der Waals surface area contributed by atoms with Gasteiger partial charge in [0.15, 0.2) is 11.5 Å². The number of carbonyl (C=O) groups is 4. The van der Waals surface area contributed by atoms with Crippen LogP contribution in [-0.4, -0.2) is 35.5 Å². The lowest BCUT2D eigenvalue weighted by Crippen LogP contribution is -2.54. The first-order valence-electron chi connectivity index (χ1n) is 11.3. The zero-order chi connectivity index (χ0) is 27.4. The Morgan fingerprint density at radius 3 is 2.32 bits per heavy atom. The smallest absolute Gasteiger partial charge is 0.335 e. The van der Waals surface area contributed by atoms with Crippen LogP contribution in [0.25, 0.3) is 6.08 Å². The number of hydrogen-bond donors (Lipinski definition) is 2. The number of halogens is 2. The van der Waals surface area contributed by atoms with Crippen molar-refractivity contribution in [1.82, 2.24) is 5.32 Å². The summed E-state index contributed by atoms with van der Waals surface area (Å²) in [6.45, 7) is 2.12. The summed E-state index contributed by atoms with van der Waals surface area (Å²) in [7, 11) is 0. The van der Waals surface area contributed by atoms with Gasteiger partial charge in [-0.2, -0.15) is 0 Å². The topological polar surface area (TPSA) is 122 Å². The second kappa shape index (κ2) is 11.4. The molecular formula is C27H20Cl2N2O7. The Kier molecular flexibility index (Phi) is 7.99. The van der Waals surface area contributed by atoms with Gasteiger partial charge in [0, 0.05) is 5.02 Å². The Balaban J connectivity index is 1.62. The highest BCUT2D eigenvalue weighted by atomic mass is 35.5. The molecular weight excluding hydrogens is 535 g/mol. The van der Waals surface area contributed by atoms with Gasteiger partial charge in [-0.25, -0.2) is 14.5 Å². The molecule has 38 heavy (non-hydrogen) atoms. The summed E-state index contributed by atoms with van der Waals surface area (Å²) in [4.78, 5) is 50.0. The van der Waals surface area contributed by atoms with Gasteiger partial charge >= 0.3 is 12.0 Å². The van der Waals surface area contributed by atoms with Gasteiger partial charge in [0.1, 0.15) is 12.2 Å². The van der Waals surface area contributed by atoms with Gasteiger partial charge in [-0.1, -0.05) is 35.3 Å². The second-order valence-corrected chi connectivity index (χ2v) is 8.83. The highest BCUT2D eigenvalue weighted by Crippen LogP contribution is 2.38. The molecule has 1 saturated heterocycles.